The van der Waals surface area contributed by atoms with Crippen LogP contribution in [0.15, 0.2) is 49.1 Å². The third-order valence-electron chi connectivity index (χ3n) is 8.68. The number of unbranched alkanes of at least 4 members (excludes halogenated alkanes) is 1. The van der Waals surface area contributed by atoms with Gasteiger partial charge in [-0.05, 0) is 111 Å². The lowest BCUT2D eigenvalue weighted by atomic mass is 9.69. The van der Waals surface area contributed by atoms with E-state index in [1.165, 1.54) is 70.3 Å². The molecule has 0 bridgehead atoms. The first-order chi connectivity index (χ1) is 18.1. The van der Waals surface area contributed by atoms with Crippen molar-refractivity contribution >= 4 is 0 Å². The highest BCUT2D eigenvalue weighted by Gasteiger charge is 2.31. The lowest BCUT2D eigenvalue weighted by molar-refractivity contribution is 0.122. The molecule has 0 aliphatic heterocycles. The average Bonchev–Trinajstić information content (AvgIpc) is 2.94. The van der Waals surface area contributed by atoms with Gasteiger partial charge in [-0.25, -0.2) is 4.39 Å². The Morgan fingerprint density at radius 3 is 2.08 bits per heavy atom. The largest absolute Gasteiger partial charge is 0.493 e. The molecule has 0 amide bonds. The lowest BCUT2D eigenvalue weighted by Gasteiger charge is -2.37. The normalized spacial score (nSPS) is 24.0. The molecule has 4 rings (SSSR count). The molecule has 0 radical (unpaired) electrons. The summed E-state index contributed by atoms with van der Waals surface area (Å²) in [4.78, 5) is 0. The summed E-state index contributed by atoms with van der Waals surface area (Å²) >= 11 is 0. The third-order valence-corrected chi connectivity index (χ3v) is 8.68. The van der Waals surface area contributed by atoms with Crippen LogP contribution in [0.3, 0.4) is 0 Å². The molecule has 2 aliphatic carbocycles. The molecule has 0 spiro atoms. The minimum absolute atomic E-state index is 0.0272. The summed E-state index contributed by atoms with van der Waals surface area (Å²) in [5.41, 5.74) is 0.864. The Morgan fingerprint density at radius 2 is 1.46 bits per heavy atom. The van der Waals surface area contributed by atoms with E-state index in [2.05, 4.69) is 12.7 Å². The van der Waals surface area contributed by atoms with Crippen molar-refractivity contribution in [1.82, 2.24) is 0 Å². The zero-order chi connectivity index (χ0) is 26.0. The van der Waals surface area contributed by atoms with Gasteiger partial charge < -0.3 is 9.47 Å². The van der Waals surface area contributed by atoms with E-state index in [9.17, 15) is 8.78 Å². The molecule has 2 aromatic rings. The van der Waals surface area contributed by atoms with Gasteiger partial charge in [-0.15, -0.1) is 6.58 Å². The first-order valence-corrected chi connectivity index (χ1v) is 14.5. The maximum atomic E-state index is 14.7. The van der Waals surface area contributed by atoms with Crippen molar-refractivity contribution in [1.29, 1.82) is 0 Å². The molecule has 0 N–H and O–H groups in total. The highest BCUT2D eigenvalue weighted by atomic mass is 19.2. The van der Waals surface area contributed by atoms with Crippen molar-refractivity contribution < 1.29 is 18.3 Å². The predicted octanol–water partition coefficient (Wildman–Crippen LogP) is 9.77. The van der Waals surface area contributed by atoms with Crippen molar-refractivity contribution in [3.63, 3.8) is 0 Å². The molecular formula is C33H44F2O2. The summed E-state index contributed by atoms with van der Waals surface area (Å²) in [6.07, 6.45) is 17.1. The highest BCUT2D eigenvalue weighted by Crippen LogP contribution is 2.42. The fraction of sp³-hybridized carbons (Fsp3) is 0.576. The molecule has 0 heterocycles. The van der Waals surface area contributed by atoms with Crippen LogP contribution in [0, 0.1) is 35.3 Å². The molecule has 2 aliphatic rings. The second-order valence-electron chi connectivity index (χ2n) is 11.2. The molecule has 4 heteroatoms. The van der Waals surface area contributed by atoms with Crippen molar-refractivity contribution in [3.05, 3.63) is 60.7 Å². The van der Waals surface area contributed by atoms with Gasteiger partial charge in [0.05, 0.1) is 13.2 Å². The third kappa shape index (κ3) is 7.58. The molecule has 0 aromatic heterocycles. The van der Waals surface area contributed by atoms with Crippen LogP contribution in [0.2, 0.25) is 0 Å². The van der Waals surface area contributed by atoms with E-state index in [0.717, 1.165) is 43.0 Å². The van der Waals surface area contributed by atoms with E-state index in [4.69, 9.17) is 9.47 Å². The van der Waals surface area contributed by atoms with Gasteiger partial charge in [0, 0.05) is 5.56 Å². The zero-order valence-corrected chi connectivity index (χ0v) is 22.5. The second kappa shape index (κ2) is 14.0. The van der Waals surface area contributed by atoms with Crippen LogP contribution in [0.1, 0.15) is 84.0 Å². The maximum Gasteiger partial charge on any atom is 0.201 e. The monoisotopic (exact) mass is 510 g/mol. The van der Waals surface area contributed by atoms with Gasteiger partial charge in [0.25, 0.3) is 0 Å². The Hall–Kier alpha value is -2.36. The smallest absolute Gasteiger partial charge is 0.201 e. The SMILES string of the molecule is C=CCCC1CCC(C2CCC(COc3ccc(-c4ccc(OCCCC)c(F)c4F)cc3)CC2)CC1. The van der Waals surface area contributed by atoms with Crippen molar-refractivity contribution in [2.75, 3.05) is 13.2 Å². The van der Waals surface area contributed by atoms with E-state index in [1.807, 2.05) is 19.1 Å². The summed E-state index contributed by atoms with van der Waals surface area (Å²) < 4.78 is 40.6. The predicted molar refractivity (Wildman–Crippen MR) is 148 cm³/mol. The topological polar surface area (TPSA) is 18.5 Å². The summed E-state index contributed by atoms with van der Waals surface area (Å²) in [7, 11) is 0. The van der Waals surface area contributed by atoms with Gasteiger partial charge in [0.2, 0.25) is 5.82 Å². The molecule has 0 saturated heterocycles. The van der Waals surface area contributed by atoms with Crippen LogP contribution in [0.4, 0.5) is 8.78 Å². The number of hydrogen-bond donors (Lipinski definition) is 0. The quantitative estimate of drug-likeness (QED) is 0.209. The molecule has 37 heavy (non-hydrogen) atoms. The van der Waals surface area contributed by atoms with Crippen molar-refractivity contribution in [2.24, 2.45) is 23.7 Å². The first-order valence-electron chi connectivity index (χ1n) is 14.5. The molecular weight excluding hydrogens is 466 g/mol. The van der Waals surface area contributed by atoms with Gasteiger partial charge in [0.15, 0.2) is 11.6 Å². The number of allylic oxidation sites excluding steroid dienone is 1. The van der Waals surface area contributed by atoms with Gasteiger partial charge in [-0.1, -0.05) is 44.4 Å². The summed E-state index contributed by atoms with van der Waals surface area (Å²) in [5.74, 6) is 2.31. The number of benzene rings is 2. The fourth-order valence-electron chi connectivity index (χ4n) is 6.27. The standard InChI is InChI=1S/C33H44F2O2/c1-3-5-7-24-8-12-26(13-9-24)27-14-10-25(11-15-27)23-37-29-18-16-28(17-19-29)30-20-21-31(33(35)32(30)34)36-22-6-4-2/h3,16-21,24-27H,1,4-15,22-23H2,2H3. The minimum Gasteiger partial charge on any atom is -0.493 e. The maximum absolute atomic E-state index is 14.7. The van der Waals surface area contributed by atoms with Gasteiger partial charge in [0.1, 0.15) is 5.75 Å². The molecule has 2 saturated carbocycles. The summed E-state index contributed by atoms with van der Waals surface area (Å²) in [6.45, 7) is 7.01. The van der Waals surface area contributed by atoms with E-state index in [0.29, 0.717) is 18.1 Å². The Kier molecular flexibility index (Phi) is 10.5. The number of ether oxygens (including phenoxy) is 2. The van der Waals surface area contributed by atoms with Crippen molar-refractivity contribution in [3.8, 4) is 22.6 Å². The van der Waals surface area contributed by atoms with Gasteiger partial charge in [-0.3, -0.25) is 0 Å². The van der Waals surface area contributed by atoms with Crippen LogP contribution in [-0.4, -0.2) is 13.2 Å². The zero-order valence-electron chi connectivity index (χ0n) is 22.5. The van der Waals surface area contributed by atoms with Crippen LogP contribution in [-0.2, 0) is 0 Å². The number of hydrogen-bond acceptors (Lipinski definition) is 2. The average molecular weight is 511 g/mol. The fourth-order valence-corrected chi connectivity index (χ4v) is 6.27. The number of rotatable bonds is 12. The van der Waals surface area contributed by atoms with Crippen LogP contribution < -0.4 is 9.47 Å². The molecule has 0 unspecified atom stereocenters. The van der Waals surface area contributed by atoms with Crippen molar-refractivity contribution in [2.45, 2.75) is 84.0 Å². The van der Waals surface area contributed by atoms with E-state index < -0.39 is 11.6 Å². The molecule has 2 aromatic carbocycles. The second-order valence-corrected chi connectivity index (χ2v) is 11.2. The lowest BCUT2D eigenvalue weighted by Crippen LogP contribution is -2.27. The van der Waals surface area contributed by atoms with Crippen LogP contribution in [0.25, 0.3) is 11.1 Å². The van der Waals surface area contributed by atoms with E-state index in [1.54, 1.807) is 18.2 Å². The summed E-state index contributed by atoms with van der Waals surface area (Å²) in [6, 6.07) is 10.4. The van der Waals surface area contributed by atoms with Gasteiger partial charge >= 0.3 is 0 Å². The Bertz CT molecular complexity index is 971. The number of halogens is 2. The summed E-state index contributed by atoms with van der Waals surface area (Å²) in [5, 5.41) is 0. The Morgan fingerprint density at radius 1 is 0.811 bits per heavy atom. The molecule has 2 fully saturated rings. The first kappa shape index (κ1) is 27.7. The molecule has 0 atom stereocenters. The van der Waals surface area contributed by atoms with E-state index >= 15 is 0 Å². The van der Waals surface area contributed by atoms with Crippen LogP contribution >= 0.6 is 0 Å². The van der Waals surface area contributed by atoms with Gasteiger partial charge in [-0.2, -0.15) is 4.39 Å². The minimum atomic E-state index is -0.926. The molecule has 202 valence electrons. The Labute approximate surface area is 222 Å². The highest BCUT2D eigenvalue weighted by molar-refractivity contribution is 5.66. The van der Waals surface area contributed by atoms with Crippen LogP contribution in [0.5, 0.6) is 11.5 Å². The Balaban J connectivity index is 1.22. The van der Waals surface area contributed by atoms with E-state index in [-0.39, 0.29) is 11.3 Å². The molecule has 2 nitrogen and oxygen atoms in total.